The highest BCUT2D eigenvalue weighted by Gasteiger charge is 2.11. The Bertz CT molecular complexity index is 601. The van der Waals surface area contributed by atoms with Crippen molar-refractivity contribution in [3.05, 3.63) is 53.2 Å². The molecular formula is C18H22N2O. The number of morpholine rings is 1. The van der Waals surface area contributed by atoms with Crippen molar-refractivity contribution in [3.8, 4) is 11.3 Å². The zero-order valence-electron chi connectivity index (χ0n) is 12.8. The second-order valence-electron chi connectivity index (χ2n) is 5.76. The van der Waals surface area contributed by atoms with Crippen molar-refractivity contribution in [2.45, 2.75) is 20.4 Å². The minimum absolute atomic E-state index is 0.841. The third-order valence-electron chi connectivity index (χ3n) is 3.99. The van der Waals surface area contributed by atoms with Gasteiger partial charge in [-0.05, 0) is 31.0 Å². The lowest BCUT2D eigenvalue weighted by atomic mass is 10.0. The van der Waals surface area contributed by atoms with Gasteiger partial charge in [0.1, 0.15) is 0 Å². The maximum atomic E-state index is 5.38. The van der Waals surface area contributed by atoms with Gasteiger partial charge in [-0.25, -0.2) is 0 Å². The second kappa shape index (κ2) is 6.37. The molecule has 3 heteroatoms. The topological polar surface area (TPSA) is 25.4 Å². The third-order valence-corrected chi connectivity index (χ3v) is 3.99. The van der Waals surface area contributed by atoms with Crippen molar-refractivity contribution in [1.29, 1.82) is 0 Å². The molecule has 1 saturated heterocycles. The summed E-state index contributed by atoms with van der Waals surface area (Å²) in [4.78, 5) is 7.06. The number of hydrogen-bond acceptors (Lipinski definition) is 3. The van der Waals surface area contributed by atoms with Gasteiger partial charge in [-0.15, -0.1) is 0 Å². The van der Waals surface area contributed by atoms with Gasteiger partial charge in [0.25, 0.3) is 0 Å². The van der Waals surface area contributed by atoms with Crippen LogP contribution in [-0.4, -0.2) is 36.2 Å². The van der Waals surface area contributed by atoms with Crippen LogP contribution in [0.1, 0.15) is 16.7 Å². The molecule has 1 aromatic carbocycles. The SMILES string of the molecule is Cc1ccc(-c2ccc(CN3CCOCC3)cn2)c(C)c1. The highest BCUT2D eigenvalue weighted by Crippen LogP contribution is 2.22. The molecule has 0 saturated carbocycles. The minimum Gasteiger partial charge on any atom is -0.379 e. The first-order valence-electron chi connectivity index (χ1n) is 7.55. The van der Waals surface area contributed by atoms with Gasteiger partial charge in [0.2, 0.25) is 0 Å². The van der Waals surface area contributed by atoms with E-state index in [0.29, 0.717) is 0 Å². The summed E-state index contributed by atoms with van der Waals surface area (Å²) in [7, 11) is 0. The highest BCUT2D eigenvalue weighted by molar-refractivity contribution is 5.63. The molecule has 0 unspecified atom stereocenters. The summed E-state index contributed by atoms with van der Waals surface area (Å²) in [5.41, 5.74) is 6.12. The van der Waals surface area contributed by atoms with Crippen LogP contribution in [0.2, 0.25) is 0 Å². The first kappa shape index (κ1) is 14.2. The lowest BCUT2D eigenvalue weighted by Crippen LogP contribution is -2.35. The molecule has 110 valence electrons. The molecule has 1 aromatic heterocycles. The number of aryl methyl sites for hydroxylation is 2. The zero-order chi connectivity index (χ0) is 14.7. The quantitative estimate of drug-likeness (QED) is 0.864. The van der Waals surface area contributed by atoms with Crippen molar-refractivity contribution in [1.82, 2.24) is 9.88 Å². The van der Waals surface area contributed by atoms with Gasteiger partial charge in [-0.1, -0.05) is 29.8 Å². The standard InChI is InChI=1S/C18H22N2O/c1-14-3-5-17(15(2)11-14)18-6-4-16(12-19-18)13-20-7-9-21-10-8-20/h3-6,11-12H,7-10,13H2,1-2H3. The largest absolute Gasteiger partial charge is 0.379 e. The first-order valence-corrected chi connectivity index (χ1v) is 7.55. The molecule has 0 amide bonds. The van der Waals surface area contributed by atoms with Crippen molar-refractivity contribution in [2.75, 3.05) is 26.3 Å². The number of benzene rings is 1. The molecule has 3 nitrogen and oxygen atoms in total. The lowest BCUT2D eigenvalue weighted by Gasteiger charge is -2.26. The summed E-state index contributed by atoms with van der Waals surface area (Å²) >= 11 is 0. The van der Waals surface area contributed by atoms with Gasteiger partial charge >= 0.3 is 0 Å². The van der Waals surface area contributed by atoms with Crippen LogP contribution >= 0.6 is 0 Å². The van der Waals surface area contributed by atoms with Crippen LogP contribution in [0.3, 0.4) is 0 Å². The van der Waals surface area contributed by atoms with E-state index in [1.165, 1.54) is 22.3 Å². The van der Waals surface area contributed by atoms with Crippen LogP contribution in [0.5, 0.6) is 0 Å². The zero-order valence-corrected chi connectivity index (χ0v) is 12.8. The molecule has 0 atom stereocenters. The van der Waals surface area contributed by atoms with Crippen molar-refractivity contribution < 1.29 is 4.74 Å². The normalized spacial score (nSPS) is 16.1. The fourth-order valence-corrected chi connectivity index (χ4v) is 2.80. The van der Waals surface area contributed by atoms with Gasteiger partial charge in [0.15, 0.2) is 0 Å². The summed E-state index contributed by atoms with van der Waals surface area (Å²) in [5, 5.41) is 0. The molecule has 1 aliphatic rings. The highest BCUT2D eigenvalue weighted by atomic mass is 16.5. The number of aromatic nitrogens is 1. The summed E-state index contributed by atoms with van der Waals surface area (Å²) in [6.07, 6.45) is 2.00. The summed E-state index contributed by atoms with van der Waals surface area (Å²) < 4.78 is 5.38. The van der Waals surface area contributed by atoms with E-state index in [1.54, 1.807) is 0 Å². The van der Waals surface area contributed by atoms with E-state index in [-0.39, 0.29) is 0 Å². The number of nitrogens with zero attached hydrogens (tertiary/aromatic N) is 2. The fraction of sp³-hybridized carbons (Fsp3) is 0.389. The molecule has 0 bridgehead atoms. The maximum absolute atomic E-state index is 5.38. The number of pyridine rings is 1. The molecule has 3 rings (SSSR count). The third kappa shape index (κ3) is 3.49. The van der Waals surface area contributed by atoms with Gasteiger partial charge in [0.05, 0.1) is 18.9 Å². The Labute approximate surface area is 126 Å². The monoisotopic (exact) mass is 282 g/mol. The molecular weight excluding hydrogens is 260 g/mol. The van der Waals surface area contributed by atoms with E-state index in [0.717, 1.165) is 38.5 Å². The molecule has 0 aliphatic carbocycles. The van der Waals surface area contributed by atoms with Gasteiger partial charge < -0.3 is 4.74 Å². The Morgan fingerprint density at radius 2 is 1.90 bits per heavy atom. The smallest absolute Gasteiger partial charge is 0.0704 e. The molecule has 0 N–H and O–H groups in total. The maximum Gasteiger partial charge on any atom is 0.0704 e. The van der Waals surface area contributed by atoms with Crippen molar-refractivity contribution in [2.24, 2.45) is 0 Å². The summed E-state index contributed by atoms with van der Waals surface area (Å²) in [6.45, 7) is 8.94. The molecule has 2 heterocycles. The second-order valence-corrected chi connectivity index (χ2v) is 5.76. The first-order chi connectivity index (χ1) is 10.2. The van der Waals surface area contributed by atoms with E-state index >= 15 is 0 Å². The van der Waals surface area contributed by atoms with E-state index in [4.69, 9.17) is 4.74 Å². The van der Waals surface area contributed by atoms with Crippen LogP contribution < -0.4 is 0 Å². The average Bonchev–Trinajstić information content (AvgIpc) is 2.49. The van der Waals surface area contributed by atoms with Gasteiger partial charge in [0, 0.05) is 31.4 Å². The van der Waals surface area contributed by atoms with Crippen LogP contribution in [0, 0.1) is 13.8 Å². The predicted molar refractivity (Wildman–Crippen MR) is 85.2 cm³/mol. The van der Waals surface area contributed by atoms with E-state index in [2.05, 4.69) is 54.1 Å². The lowest BCUT2D eigenvalue weighted by molar-refractivity contribution is 0.0341. The van der Waals surface area contributed by atoms with Crippen LogP contribution in [-0.2, 0) is 11.3 Å². The van der Waals surface area contributed by atoms with Crippen molar-refractivity contribution >= 4 is 0 Å². The van der Waals surface area contributed by atoms with E-state index in [1.807, 2.05) is 6.20 Å². The summed E-state index contributed by atoms with van der Waals surface area (Å²) in [6, 6.07) is 10.8. The van der Waals surface area contributed by atoms with Crippen LogP contribution in [0.15, 0.2) is 36.5 Å². The number of ether oxygens (including phenoxy) is 1. The van der Waals surface area contributed by atoms with Crippen LogP contribution in [0.4, 0.5) is 0 Å². The molecule has 1 fully saturated rings. The molecule has 2 aromatic rings. The molecule has 21 heavy (non-hydrogen) atoms. The summed E-state index contributed by atoms with van der Waals surface area (Å²) in [5.74, 6) is 0. The fourth-order valence-electron chi connectivity index (χ4n) is 2.80. The average molecular weight is 282 g/mol. The predicted octanol–water partition coefficient (Wildman–Crippen LogP) is 3.20. The Morgan fingerprint density at radius 1 is 1.10 bits per heavy atom. The van der Waals surface area contributed by atoms with Crippen LogP contribution in [0.25, 0.3) is 11.3 Å². The Morgan fingerprint density at radius 3 is 2.57 bits per heavy atom. The van der Waals surface area contributed by atoms with E-state index < -0.39 is 0 Å². The number of hydrogen-bond donors (Lipinski definition) is 0. The van der Waals surface area contributed by atoms with Gasteiger partial charge in [-0.2, -0.15) is 0 Å². The molecule has 1 aliphatic heterocycles. The Kier molecular flexibility index (Phi) is 4.32. The van der Waals surface area contributed by atoms with Crippen molar-refractivity contribution in [3.63, 3.8) is 0 Å². The minimum atomic E-state index is 0.841. The molecule has 0 radical (unpaired) electrons. The Hall–Kier alpha value is -1.71. The molecule has 0 spiro atoms. The van der Waals surface area contributed by atoms with E-state index in [9.17, 15) is 0 Å². The number of rotatable bonds is 3. The van der Waals surface area contributed by atoms with Gasteiger partial charge in [-0.3, -0.25) is 9.88 Å². The Balaban J connectivity index is 1.74.